The largest absolute Gasteiger partial charge is 0.368 e. The Morgan fingerprint density at radius 1 is 1.42 bits per heavy atom. The minimum absolute atomic E-state index is 0.130. The van der Waals surface area contributed by atoms with Gasteiger partial charge in [-0.1, -0.05) is 6.92 Å². The Morgan fingerprint density at radius 2 is 2.21 bits per heavy atom. The Morgan fingerprint density at radius 3 is 2.89 bits per heavy atom. The highest BCUT2D eigenvalue weighted by Crippen LogP contribution is 2.28. The second-order valence-corrected chi connectivity index (χ2v) is 5.91. The van der Waals surface area contributed by atoms with Crippen LogP contribution in [-0.4, -0.2) is 35.6 Å². The minimum atomic E-state index is -0.637. The Bertz CT molecular complexity index is 442. The van der Waals surface area contributed by atoms with Crippen molar-refractivity contribution in [1.29, 1.82) is 0 Å². The van der Waals surface area contributed by atoms with E-state index in [2.05, 4.69) is 17.2 Å². The number of nitrogens with zero attached hydrogens (tertiary/aromatic N) is 2. The Hall–Kier alpha value is -1.04. The van der Waals surface area contributed by atoms with E-state index in [1.165, 1.54) is 0 Å². The van der Waals surface area contributed by atoms with Crippen LogP contribution in [0.2, 0.25) is 0 Å². The van der Waals surface area contributed by atoms with Gasteiger partial charge in [0, 0.05) is 36.7 Å². The van der Waals surface area contributed by atoms with Crippen molar-refractivity contribution in [3.05, 3.63) is 17.7 Å². The van der Waals surface area contributed by atoms with Crippen LogP contribution in [0.5, 0.6) is 0 Å². The lowest BCUT2D eigenvalue weighted by atomic mass is 10.3. The number of hydrogen-bond donors (Lipinski definition) is 1. The average molecular weight is 287 g/mol. The van der Waals surface area contributed by atoms with E-state index in [1.54, 1.807) is 0 Å². The summed E-state index contributed by atoms with van der Waals surface area (Å²) in [5.41, 5.74) is 0. The van der Waals surface area contributed by atoms with Gasteiger partial charge in [-0.25, -0.2) is 13.8 Å². The van der Waals surface area contributed by atoms with Crippen molar-refractivity contribution in [3.63, 3.8) is 0 Å². The zero-order valence-electron chi connectivity index (χ0n) is 11.2. The van der Waals surface area contributed by atoms with Gasteiger partial charge in [-0.15, -0.1) is 0 Å². The first-order valence-electron chi connectivity index (χ1n) is 6.62. The van der Waals surface area contributed by atoms with Gasteiger partial charge in [0.15, 0.2) is 23.3 Å². The van der Waals surface area contributed by atoms with E-state index >= 15 is 0 Å². The first-order valence-corrected chi connectivity index (χ1v) is 7.67. The van der Waals surface area contributed by atoms with Gasteiger partial charge in [-0.3, -0.25) is 0 Å². The van der Waals surface area contributed by atoms with Crippen LogP contribution in [0.3, 0.4) is 0 Å². The molecule has 2 heterocycles. The molecular formula is C13H19F2N3S. The fourth-order valence-electron chi connectivity index (χ4n) is 2.13. The summed E-state index contributed by atoms with van der Waals surface area (Å²) < 4.78 is 27.4. The van der Waals surface area contributed by atoms with Crippen LogP contribution in [0.25, 0.3) is 0 Å². The van der Waals surface area contributed by atoms with Gasteiger partial charge in [-0.2, -0.15) is 11.8 Å². The molecule has 0 spiro atoms. The summed E-state index contributed by atoms with van der Waals surface area (Å²) in [6.45, 7) is 6.06. The number of aromatic nitrogens is 1. The van der Waals surface area contributed by atoms with E-state index in [0.29, 0.717) is 11.8 Å². The van der Waals surface area contributed by atoms with Crippen LogP contribution in [0.15, 0.2) is 6.07 Å². The maximum atomic E-state index is 13.9. The van der Waals surface area contributed by atoms with Crippen molar-refractivity contribution in [1.82, 2.24) is 4.98 Å². The molecule has 1 saturated heterocycles. The Labute approximate surface area is 116 Å². The first kappa shape index (κ1) is 14.4. The van der Waals surface area contributed by atoms with Crippen LogP contribution >= 0.6 is 11.8 Å². The molecule has 1 aromatic heterocycles. The lowest BCUT2D eigenvalue weighted by Gasteiger charge is -2.33. The normalized spacial score (nSPS) is 19.6. The van der Waals surface area contributed by atoms with Crippen LogP contribution in [0, 0.1) is 11.6 Å². The lowest BCUT2D eigenvalue weighted by Crippen LogP contribution is -2.38. The molecule has 0 bridgehead atoms. The number of hydrogen-bond acceptors (Lipinski definition) is 4. The second kappa shape index (κ2) is 6.41. The molecule has 0 radical (unpaired) electrons. The maximum Gasteiger partial charge on any atom is 0.168 e. The van der Waals surface area contributed by atoms with Crippen molar-refractivity contribution >= 4 is 23.4 Å². The molecule has 3 nitrogen and oxygen atoms in total. The monoisotopic (exact) mass is 287 g/mol. The standard InChI is InChI=1S/C13H19F2N3S/c1-3-9-8-18(5-6-19-9)13-11(15)7-10(14)12(17-13)16-4-2/h7,9H,3-6,8H2,1-2H3,(H,16,17). The number of pyridine rings is 1. The highest BCUT2D eigenvalue weighted by atomic mass is 32.2. The van der Waals surface area contributed by atoms with Crippen molar-refractivity contribution in [2.45, 2.75) is 25.5 Å². The molecule has 1 N–H and O–H groups in total. The highest BCUT2D eigenvalue weighted by molar-refractivity contribution is 8.00. The van der Waals surface area contributed by atoms with Crippen LogP contribution in [-0.2, 0) is 0 Å². The molecule has 19 heavy (non-hydrogen) atoms. The molecule has 1 atom stereocenters. The van der Waals surface area contributed by atoms with Gasteiger partial charge in [0.1, 0.15) is 0 Å². The van der Waals surface area contributed by atoms with Crippen LogP contribution in [0.4, 0.5) is 20.4 Å². The first-order chi connectivity index (χ1) is 9.15. The van der Waals surface area contributed by atoms with E-state index in [-0.39, 0.29) is 11.6 Å². The highest BCUT2D eigenvalue weighted by Gasteiger charge is 2.23. The SMILES string of the molecule is CCNc1nc(N2CCSC(CC)C2)c(F)cc1F. The third-order valence-electron chi connectivity index (χ3n) is 3.15. The summed E-state index contributed by atoms with van der Waals surface area (Å²) in [5, 5.41) is 3.31. The molecule has 1 unspecified atom stereocenters. The molecule has 1 aromatic rings. The number of rotatable bonds is 4. The van der Waals surface area contributed by atoms with Crippen molar-refractivity contribution in [2.24, 2.45) is 0 Å². The quantitative estimate of drug-likeness (QED) is 0.921. The molecule has 106 valence electrons. The topological polar surface area (TPSA) is 28.2 Å². The van der Waals surface area contributed by atoms with E-state index in [0.717, 1.165) is 31.3 Å². The molecule has 0 saturated carbocycles. The van der Waals surface area contributed by atoms with Crippen molar-refractivity contribution in [3.8, 4) is 0 Å². The molecule has 0 aliphatic carbocycles. The molecule has 1 aliphatic rings. The van der Waals surface area contributed by atoms with Crippen molar-refractivity contribution in [2.75, 3.05) is 35.6 Å². The summed E-state index contributed by atoms with van der Waals surface area (Å²) in [5.74, 6) is 0.122. The number of thioether (sulfide) groups is 1. The predicted molar refractivity (Wildman–Crippen MR) is 77.1 cm³/mol. The summed E-state index contributed by atoms with van der Waals surface area (Å²) in [6, 6.07) is 0.920. The second-order valence-electron chi connectivity index (χ2n) is 4.50. The third kappa shape index (κ3) is 3.29. The fraction of sp³-hybridized carbons (Fsp3) is 0.615. The molecule has 0 aromatic carbocycles. The van der Waals surface area contributed by atoms with E-state index in [9.17, 15) is 8.78 Å². The average Bonchev–Trinajstić information content (AvgIpc) is 2.42. The van der Waals surface area contributed by atoms with E-state index in [1.807, 2.05) is 23.6 Å². The third-order valence-corrected chi connectivity index (χ3v) is 4.52. The molecule has 0 amide bonds. The summed E-state index contributed by atoms with van der Waals surface area (Å²) >= 11 is 1.90. The molecule has 6 heteroatoms. The fourth-order valence-corrected chi connectivity index (χ4v) is 3.31. The van der Waals surface area contributed by atoms with E-state index < -0.39 is 11.6 Å². The predicted octanol–water partition coefficient (Wildman–Crippen LogP) is 3.12. The van der Waals surface area contributed by atoms with Gasteiger partial charge < -0.3 is 10.2 Å². The zero-order valence-corrected chi connectivity index (χ0v) is 12.1. The molecule has 2 rings (SSSR count). The van der Waals surface area contributed by atoms with Gasteiger partial charge in [0.2, 0.25) is 0 Å². The van der Waals surface area contributed by atoms with Crippen LogP contribution in [0.1, 0.15) is 20.3 Å². The lowest BCUT2D eigenvalue weighted by molar-refractivity contribution is 0.567. The molecule has 1 fully saturated rings. The van der Waals surface area contributed by atoms with Gasteiger partial charge >= 0.3 is 0 Å². The molecule has 1 aliphatic heterocycles. The summed E-state index contributed by atoms with van der Waals surface area (Å²) in [7, 11) is 0. The van der Waals surface area contributed by atoms with Crippen molar-refractivity contribution < 1.29 is 8.78 Å². The van der Waals surface area contributed by atoms with Gasteiger partial charge in [0.25, 0.3) is 0 Å². The molecular weight excluding hydrogens is 268 g/mol. The maximum absolute atomic E-state index is 13.9. The van der Waals surface area contributed by atoms with Gasteiger partial charge in [-0.05, 0) is 13.3 Å². The number of halogens is 2. The minimum Gasteiger partial charge on any atom is -0.368 e. The van der Waals surface area contributed by atoms with Gasteiger partial charge in [0.05, 0.1) is 0 Å². The zero-order chi connectivity index (χ0) is 13.8. The Balaban J connectivity index is 2.25. The smallest absolute Gasteiger partial charge is 0.168 e. The van der Waals surface area contributed by atoms with E-state index in [4.69, 9.17) is 0 Å². The number of nitrogens with one attached hydrogen (secondary N) is 1. The number of anilines is 2. The van der Waals surface area contributed by atoms with Crippen LogP contribution < -0.4 is 10.2 Å². The summed E-state index contributed by atoms with van der Waals surface area (Å²) in [6.07, 6.45) is 1.05. The Kier molecular flexibility index (Phi) is 4.85. The summed E-state index contributed by atoms with van der Waals surface area (Å²) in [4.78, 5) is 6.03.